The van der Waals surface area contributed by atoms with Crippen LogP contribution in [0.1, 0.15) is 18.2 Å². The van der Waals surface area contributed by atoms with Crippen LogP contribution < -0.4 is 5.32 Å². The van der Waals surface area contributed by atoms with Crippen molar-refractivity contribution in [3.05, 3.63) is 58.0 Å². The molecule has 2 heterocycles. The van der Waals surface area contributed by atoms with Gasteiger partial charge in [0.1, 0.15) is 11.5 Å². The summed E-state index contributed by atoms with van der Waals surface area (Å²) in [6, 6.07) is 6.76. The quantitative estimate of drug-likeness (QED) is 0.658. The van der Waals surface area contributed by atoms with Crippen LogP contribution in [0.5, 0.6) is 0 Å². The maximum absolute atomic E-state index is 11.0. The summed E-state index contributed by atoms with van der Waals surface area (Å²) < 4.78 is 0. The highest BCUT2D eigenvalue weighted by Gasteiger charge is 2.16. The van der Waals surface area contributed by atoms with E-state index in [1.807, 2.05) is 19.1 Å². The Morgan fingerprint density at radius 1 is 1.26 bits per heavy atom. The van der Waals surface area contributed by atoms with Crippen molar-refractivity contribution in [3.8, 4) is 0 Å². The molecule has 0 amide bonds. The molecule has 0 radical (unpaired) electrons. The molecule has 0 aliphatic heterocycles. The number of hydrogen-bond donors (Lipinski definition) is 1. The molecule has 0 saturated heterocycles. The molecule has 1 N–H and O–H groups in total. The SMILES string of the molecule is CCNc1ccc([N+](=O)[O-])c(Cc2ccncc2)n1. The van der Waals surface area contributed by atoms with Crippen molar-refractivity contribution in [1.82, 2.24) is 9.97 Å². The van der Waals surface area contributed by atoms with Gasteiger partial charge in [0.2, 0.25) is 0 Å². The number of anilines is 1. The molecule has 0 spiro atoms. The van der Waals surface area contributed by atoms with E-state index in [1.54, 1.807) is 18.5 Å². The van der Waals surface area contributed by atoms with E-state index in [9.17, 15) is 10.1 Å². The molecule has 0 unspecified atom stereocenters. The molecule has 6 nitrogen and oxygen atoms in total. The van der Waals surface area contributed by atoms with Crippen molar-refractivity contribution in [1.29, 1.82) is 0 Å². The molecule has 2 aromatic heterocycles. The third kappa shape index (κ3) is 3.25. The Morgan fingerprint density at radius 2 is 2.00 bits per heavy atom. The van der Waals surface area contributed by atoms with Crippen LogP contribution in [-0.4, -0.2) is 21.4 Å². The Labute approximate surface area is 110 Å². The number of hydrogen-bond acceptors (Lipinski definition) is 5. The summed E-state index contributed by atoms with van der Waals surface area (Å²) in [5, 5.41) is 14.1. The van der Waals surface area contributed by atoms with Crippen molar-refractivity contribution >= 4 is 11.5 Å². The Hall–Kier alpha value is -2.50. The Morgan fingerprint density at radius 3 is 2.63 bits per heavy atom. The second-order valence-electron chi connectivity index (χ2n) is 3.98. The molecule has 0 bridgehead atoms. The van der Waals surface area contributed by atoms with Crippen molar-refractivity contribution < 1.29 is 4.92 Å². The summed E-state index contributed by atoms with van der Waals surface area (Å²) in [6.45, 7) is 2.67. The van der Waals surface area contributed by atoms with E-state index in [1.165, 1.54) is 6.07 Å². The van der Waals surface area contributed by atoms with Gasteiger partial charge < -0.3 is 5.32 Å². The van der Waals surface area contributed by atoms with Crippen LogP contribution in [0, 0.1) is 10.1 Å². The monoisotopic (exact) mass is 258 g/mol. The van der Waals surface area contributed by atoms with Gasteiger partial charge in [-0.15, -0.1) is 0 Å². The van der Waals surface area contributed by atoms with E-state index in [0.29, 0.717) is 17.9 Å². The molecule has 2 aromatic rings. The Bertz CT molecular complexity index is 572. The predicted molar refractivity (Wildman–Crippen MR) is 72.1 cm³/mol. The highest BCUT2D eigenvalue weighted by atomic mass is 16.6. The van der Waals surface area contributed by atoms with Gasteiger partial charge in [0, 0.05) is 31.4 Å². The molecule has 0 aliphatic carbocycles. The van der Waals surface area contributed by atoms with Gasteiger partial charge in [-0.1, -0.05) is 0 Å². The first-order chi connectivity index (χ1) is 9.20. The van der Waals surface area contributed by atoms with Crippen LogP contribution in [-0.2, 0) is 6.42 Å². The highest BCUT2D eigenvalue weighted by Crippen LogP contribution is 2.21. The van der Waals surface area contributed by atoms with E-state index >= 15 is 0 Å². The second kappa shape index (κ2) is 5.90. The summed E-state index contributed by atoms with van der Waals surface area (Å²) in [4.78, 5) is 18.8. The highest BCUT2D eigenvalue weighted by molar-refractivity contribution is 5.46. The molecular formula is C13H14N4O2. The number of nitrogens with one attached hydrogen (secondary N) is 1. The van der Waals surface area contributed by atoms with Gasteiger partial charge in [-0.3, -0.25) is 15.1 Å². The van der Waals surface area contributed by atoms with Crippen LogP contribution in [0.15, 0.2) is 36.7 Å². The van der Waals surface area contributed by atoms with Gasteiger partial charge in [0.15, 0.2) is 0 Å². The second-order valence-corrected chi connectivity index (χ2v) is 3.98. The molecular weight excluding hydrogens is 244 g/mol. The van der Waals surface area contributed by atoms with Gasteiger partial charge in [-0.2, -0.15) is 0 Å². The standard InChI is InChI=1S/C13H14N4O2/c1-2-15-13-4-3-12(17(18)19)11(16-13)9-10-5-7-14-8-6-10/h3-8H,2,9H2,1H3,(H,15,16). The molecule has 98 valence electrons. The number of rotatable bonds is 5. The molecule has 2 rings (SSSR count). The fourth-order valence-corrected chi connectivity index (χ4v) is 1.76. The van der Waals surface area contributed by atoms with E-state index in [2.05, 4.69) is 15.3 Å². The first kappa shape index (κ1) is 12.9. The predicted octanol–water partition coefficient (Wildman–Crippen LogP) is 2.41. The summed E-state index contributed by atoms with van der Waals surface area (Å²) in [7, 11) is 0. The zero-order valence-electron chi connectivity index (χ0n) is 10.5. The van der Waals surface area contributed by atoms with Crippen molar-refractivity contribution in [2.45, 2.75) is 13.3 Å². The summed E-state index contributed by atoms with van der Waals surface area (Å²) in [6.07, 6.45) is 3.74. The van der Waals surface area contributed by atoms with Crippen LogP contribution in [0.2, 0.25) is 0 Å². The number of nitrogens with zero attached hydrogens (tertiary/aromatic N) is 3. The zero-order valence-corrected chi connectivity index (χ0v) is 10.5. The van der Waals surface area contributed by atoms with Gasteiger partial charge in [0.25, 0.3) is 5.69 Å². The van der Waals surface area contributed by atoms with Gasteiger partial charge >= 0.3 is 0 Å². The lowest BCUT2D eigenvalue weighted by molar-refractivity contribution is -0.385. The molecule has 19 heavy (non-hydrogen) atoms. The average Bonchev–Trinajstić information content (AvgIpc) is 2.40. The van der Waals surface area contributed by atoms with Crippen LogP contribution in [0.4, 0.5) is 11.5 Å². The fourth-order valence-electron chi connectivity index (χ4n) is 1.76. The summed E-state index contributed by atoms with van der Waals surface area (Å²) in [5.74, 6) is 0.650. The van der Waals surface area contributed by atoms with Crippen LogP contribution in [0.3, 0.4) is 0 Å². The summed E-state index contributed by atoms with van der Waals surface area (Å²) >= 11 is 0. The van der Waals surface area contributed by atoms with E-state index in [-0.39, 0.29) is 5.69 Å². The van der Waals surface area contributed by atoms with E-state index < -0.39 is 4.92 Å². The smallest absolute Gasteiger partial charge is 0.291 e. The first-order valence-corrected chi connectivity index (χ1v) is 5.97. The maximum Gasteiger partial charge on any atom is 0.291 e. The molecule has 0 aliphatic rings. The molecule has 0 aromatic carbocycles. The third-order valence-corrected chi connectivity index (χ3v) is 2.63. The number of pyridine rings is 2. The topological polar surface area (TPSA) is 81.0 Å². The maximum atomic E-state index is 11.0. The number of nitro groups is 1. The van der Waals surface area contributed by atoms with Crippen molar-refractivity contribution in [2.24, 2.45) is 0 Å². The van der Waals surface area contributed by atoms with Gasteiger partial charge in [-0.25, -0.2) is 4.98 Å². The van der Waals surface area contributed by atoms with Gasteiger partial charge in [0.05, 0.1) is 4.92 Å². The van der Waals surface area contributed by atoms with Gasteiger partial charge in [-0.05, 0) is 30.7 Å². The summed E-state index contributed by atoms with van der Waals surface area (Å²) in [5.41, 5.74) is 1.44. The number of aromatic nitrogens is 2. The fraction of sp³-hybridized carbons (Fsp3) is 0.231. The molecule has 0 atom stereocenters. The van der Waals surface area contributed by atoms with Crippen LogP contribution >= 0.6 is 0 Å². The molecule has 0 fully saturated rings. The lowest BCUT2D eigenvalue weighted by atomic mass is 10.1. The minimum Gasteiger partial charge on any atom is -0.370 e. The minimum atomic E-state index is -0.404. The zero-order chi connectivity index (χ0) is 13.7. The van der Waals surface area contributed by atoms with E-state index in [0.717, 1.165) is 12.1 Å². The third-order valence-electron chi connectivity index (χ3n) is 2.63. The molecule has 0 saturated carbocycles. The lowest BCUT2D eigenvalue weighted by Gasteiger charge is -2.06. The van der Waals surface area contributed by atoms with Crippen LogP contribution in [0.25, 0.3) is 0 Å². The minimum absolute atomic E-state index is 0.0402. The first-order valence-electron chi connectivity index (χ1n) is 5.97. The lowest BCUT2D eigenvalue weighted by Crippen LogP contribution is -2.05. The van der Waals surface area contributed by atoms with Crippen molar-refractivity contribution in [3.63, 3.8) is 0 Å². The molecule has 6 heteroatoms. The average molecular weight is 258 g/mol. The normalized spacial score (nSPS) is 10.2. The Balaban J connectivity index is 2.35. The largest absolute Gasteiger partial charge is 0.370 e. The van der Waals surface area contributed by atoms with E-state index in [4.69, 9.17) is 0 Å². The van der Waals surface area contributed by atoms with Crippen molar-refractivity contribution in [2.75, 3.05) is 11.9 Å². The Kier molecular flexibility index (Phi) is 4.02.